The number of hydrogen-bond donors (Lipinski definition) is 1. The average molecular weight is 171 g/mol. The maximum atomic E-state index is 9.94. The van der Waals surface area contributed by atoms with E-state index in [-0.39, 0.29) is 11.0 Å². The molecule has 1 saturated carbocycles. The quantitative estimate of drug-likeness (QED) is 0.646. The zero-order chi connectivity index (χ0) is 9.41. The van der Waals surface area contributed by atoms with E-state index in [1.54, 1.807) is 0 Å². The molecule has 0 unspecified atom stereocenters. The first-order chi connectivity index (χ1) is 5.56. The standard InChI is InChI=1S/C8H15NO.C2H6/c1-7(3-4-7)8(10)5-9(2)6-8;1-2/h10H,3-6H2,1-2H3;1-2H3. The first-order valence-corrected chi connectivity index (χ1v) is 4.97. The number of hydrogen-bond acceptors (Lipinski definition) is 2. The molecule has 0 amide bonds. The van der Waals surface area contributed by atoms with Crippen molar-refractivity contribution >= 4 is 0 Å². The third-order valence-corrected chi connectivity index (χ3v) is 3.19. The van der Waals surface area contributed by atoms with Gasteiger partial charge in [0.2, 0.25) is 0 Å². The van der Waals surface area contributed by atoms with Gasteiger partial charge in [-0.2, -0.15) is 0 Å². The highest BCUT2D eigenvalue weighted by Gasteiger charge is 2.59. The molecule has 1 heterocycles. The number of likely N-dealkylation sites (N-methyl/N-ethyl adjacent to an activating group) is 1. The van der Waals surface area contributed by atoms with Crippen LogP contribution in [0.1, 0.15) is 33.6 Å². The van der Waals surface area contributed by atoms with Crippen LogP contribution in [0.5, 0.6) is 0 Å². The van der Waals surface area contributed by atoms with Gasteiger partial charge in [0.25, 0.3) is 0 Å². The van der Waals surface area contributed by atoms with Crippen LogP contribution in [0, 0.1) is 5.41 Å². The molecule has 0 spiro atoms. The Balaban J connectivity index is 0.000000336. The fourth-order valence-corrected chi connectivity index (χ4v) is 1.88. The van der Waals surface area contributed by atoms with E-state index < -0.39 is 0 Å². The van der Waals surface area contributed by atoms with Gasteiger partial charge in [0.1, 0.15) is 0 Å². The predicted octanol–water partition coefficient (Wildman–Crippen LogP) is 1.49. The zero-order valence-corrected chi connectivity index (χ0v) is 8.72. The smallest absolute Gasteiger partial charge is 0.0953 e. The van der Waals surface area contributed by atoms with Crippen LogP contribution in [0.3, 0.4) is 0 Å². The van der Waals surface area contributed by atoms with Crippen LogP contribution >= 0.6 is 0 Å². The van der Waals surface area contributed by atoms with Gasteiger partial charge < -0.3 is 10.0 Å². The summed E-state index contributed by atoms with van der Waals surface area (Å²) in [6.45, 7) is 7.95. The molecule has 2 fully saturated rings. The fraction of sp³-hybridized carbons (Fsp3) is 1.00. The molecule has 0 aromatic carbocycles. The van der Waals surface area contributed by atoms with E-state index in [1.807, 2.05) is 13.8 Å². The van der Waals surface area contributed by atoms with Gasteiger partial charge in [0, 0.05) is 13.1 Å². The highest BCUT2D eigenvalue weighted by atomic mass is 16.3. The average Bonchev–Trinajstić information content (AvgIpc) is 2.71. The summed E-state index contributed by atoms with van der Waals surface area (Å²) in [4.78, 5) is 2.17. The number of β-amino-alcohol motifs (C(OH)–C–C–N with tert-alkyl or cyclic N) is 1. The molecule has 2 aliphatic rings. The van der Waals surface area contributed by atoms with Crippen molar-refractivity contribution in [3.8, 4) is 0 Å². The van der Waals surface area contributed by atoms with Crippen molar-refractivity contribution in [1.29, 1.82) is 0 Å². The minimum absolute atomic E-state index is 0.277. The highest BCUT2D eigenvalue weighted by molar-refractivity contribution is 5.12. The van der Waals surface area contributed by atoms with Gasteiger partial charge >= 0.3 is 0 Å². The summed E-state index contributed by atoms with van der Waals surface area (Å²) in [5, 5.41) is 9.94. The maximum absolute atomic E-state index is 9.94. The van der Waals surface area contributed by atoms with Gasteiger partial charge in [-0.3, -0.25) is 0 Å². The summed E-state index contributed by atoms with van der Waals surface area (Å²) >= 11 is 0. The van der Waals surface area contributed by atoms with Crippen molar-refractivity contribution in [2.24, 2.45) is 5.41 Å². The van der Waals surface area contributed by atoms with Crippen molar-refractivity contribution in [1.82, 2.24) is 4.90 Å². The summed E-state index contributed by atoms with van der Waals surface area (Å²) in [7, 11) is 2.06. The van der Waals surface area contributed by atoms with E-state index in [1.165, 1.54) is 12.8 Å². The molecule has 0 radical (unpaired) electrons. The lowest BCUT2D eigenvalue weighted by molar-refractivity contribution is -0.132. The molecule has 12 heavy (non-hydrogen) atoms. The molecule has 0 bridgehead atoms. The second kappa shape index (κ2) is 3.00. The second-order valence-corrected chi connectivity index (χ2v) is 4.26. The summed E-state index contributed by atoms with van der Waals surface area (Å²) in [6, 6.07) is 0. The molecule has 1 N–H and O–H groups in total. The third kappa shape index (κ3) is 1.38. The Hall–Kier alpha value is -0.0800. The van der Waals surface area contributed by atoms with Crippen LogP contribution < -0.4 is 0 Å². The molecule has 1 aliphatic heterocycles. The fourth-order valence-electron chi connectivity index (χ4n) is 1.88. The molecule has 1 saturated heterocycles. The Morgan fingerprint density at radius 1 is 1.17 bits per heavy atom. The normalized spacial score (nSPS) is 29.8. The van der Waals surface area contributed by atoms with E-state index in [0.717, 1.165) is 13.1 Å². The van der Waals surface area contributed by atoms with Crippen LogP contribution in [-0.4, -0.2) is 35.7 Å². The molecule has 0 aromatic heterocycles. The first-order valence-electron chi connectivity index (χ1n) is 4.97. The largest absolute Gasteiger partial charge is 0.387 e. The Morgan fingerprint density at radius 3 is 1.83 bits per heavy atom. The molecule has 72 valence electrons. The van der Waals surface area contributed by atoms with Gasteiger partial charge in [-0.25, -0.2) is 0 Å². The summed E-state index contributed by atoms with van der Waals surface area (Å²) in [5.74, 6) is 0. The van der Waals surface area contributed by atoms with E-state index >= 15 is 0 Å². The SMILES string of the molecule is CC.CN1CC(O)(C2(C)CC2)C1. The van der Waals surface area contributed by atoms with Gasteiger partial charge in [0.05, 0.1) is 5.60 Å². The second-order valence-electron chi connectivity index (χ2n) is 4.26. The lowest BCUT2D eigenvalue weighted by Crippen LogP contribution is -2.64. The minimum atomic E-state index is -0.332. The predicted molar refractivity (Wildman–Crippen MR) is 51.1 cm³/mol. The molecular weight excluding hydrogens is 150 g/mol. The molecule has 2 nitrogen and oxygen atoms in total. The number of likely N-dealkylation sites (tertiary alicyclic amines) is 1. The van der Waals surface area contributed by atoms with E-state index in [4.69, 9.17) is 0 Å². The van der Waals surface area contributed by atoms with E-state index in [0.29, 0.717) is 0 Å². The maximum Gasteiger partial charge on any atom is 0.0953 e. The van der Waals surface area contributed by atoms with Crippen LogP contribution in [0.4, 0.5) is 0 Å². The molecule has 2 heteroatoms. The molecule has 0 atom stereocenters. The van der Waals surface area contributed by atoms with Gasteiger partial charge in [-0.1, -0.05) is 20.8 Å². The van der Waals surface area contributed by atoms with Crippen LogP contribution in [0.25, 0.3) is 0 Å². The number of nitrogens with zero attached hydrogens (tertiary/aromatic N) is 1. The lowest BCUT2D eigenvalue weighted by atomic mass is 9.79. The summed E-state index contributed by atoms with van der Waals surface area (Å²) in [6.07, 6.45) is 2.44. The van der Waals surface area contributed by atoms with E-state index in [2.05, 4.69) is 18.9 Å². The Morgan fingerprint density at radius 2 is 1.58 bits per heavy atom. The van der Waals surface area contributed by atoms with Crippen molar-refractivity contribution < 1.29 is 5.11 Å². The Bertz CT molecular complexity index is 157. The van der Waals surface area contributed by atoms with Crippen molar-refractivity contribution in [2.75, 3.05) is 20.1 Å². The Kier molecular flexibility index (Phi) is 2.50. The molecular formula is C10H21NO. The third-order valence-electron chi connectivity index (χ3n) is 3.19. The van der Waals surface area contributed by atoms with Gasteiger partial charge in [-0.15, -0.1) is 0 Å². The summed E-state index contributed by atoms with van der Waals surface area (Å²) < 4.78 is 0. The van der Waals surface area contributed by atoms with E-state index in [9.17, 15) is 5.11 Å². The van der Waals surface area contributed by atoms with Crippen molar-refractivity contribution in [3.05, 3.63) is 0 Å². The number of rotatable bonds is 1. The molecule has 2 rings (SSSR count). The monoisotopic (exact) mass is 171 g/mol. The van der Waals surface area contributed by atoms with Crippen molar-refractivity contribution in [2.45, 2.75) is 39.2 Å². The minimum Gasteiger partial charge on any atom is -0.387 e. The van der Waals surface area contributed by atoms with Gasteiger partial charge in [0.15, 0.2) is 0 Å². The summed E-state index contributed by atoms with van der Waals surface area (Å²) in [5.41, 5.74) is -0.0543. The van der Waals surface area contributed by atoms with Crippen LogP contribution in [0.2, 0.25) is 0 Å². The van der Waals surface area contributed by atoms with Gasteiger partial charge in [-0.05, 0) is 25.3 Å². The van der Waals surface area contributed by atoms with Crippen LogP contribution in [-0.2, 0) is 0 Å². The zero-order valence-electron chi connectivity index (χ0n) is 8.72. The number of aliphatic hydroxyl groups is 1. The molecule has 1 aliphatic carbocycles. The first kappa shape index (κ1) is 10.0. The Labute approximate surface area is 75.6 Å². The highest BCUT2D eigenvalue weighted by Crippen LogP contribution is 2.56. The van der Waals surface area contributed by atoms with Crippen LogP contribution in [0.15, 0.2) is 0 Å². The van der Waals surface area contributed by atoms with Crippen molar-refractivity contribution in [3.63, 3.8) is 0 Å². The lowest BCUT2D eigenvalue weighted by Gasteiger charge is -2.49. The topological polar surface area (TPSA) is 23.5 Å². The molecule has 0 aromatic rings.